The topological polar surface area (TPSA) is 48.5 Å². The van der Waals surface area contributed by atoms with Crippen molar-refractivity contribution in [1.29, 1.82) is 0 Å². The first-order chi connectivity index (χ1) is 12.8. The van der Waals surface area contributed by atoms with E-state index >= 15 is 0 Å². The maximum absolute atomic E-state index is 4.50. The fraction of sp³-hybridized carbons (Fsp3) is 0.0952. The summed E-state index contributed by atoms with van der Waals surface area (Å²) in [5.74, 6) is 0. The van der Waals surface area contributed by atoms with E-state index in [0.717, 1.165) is 22.6 Å². The highest BCUT2D eigenvalue weighted by Crippen LogP contribution is 2.30. The zero-order chi connectivity index (χ0) is 17.5. The number of aryl methyl sites for hydroxylation is 1. The van der Waals surface area contributed by atoms with Crippen LogP contribution in [0.5, 0.6) is 0 Å². The Labute approximate surface area is 150 Å². The zero-order valence-corrected chi connectivity index (χ0v) is 14.4. The minimum atomic E-state index is 0.656. The molecule has 26 heavy (non-hydrogen) atoms. The zero-order valence-electron chi connectivity index (χ0n) is 14.4. The molecule has 5 nitrogen and oxygen atoms in total. The molecule has 0 saturated carbocycles. The molecule has 0 radical (unpaired) electrons. The summed E-state index contributed by atoms with van der Waals surface area (Å²) in [5, 5.41) is 11.1. The van der Waals surface area contributed by atoms with Gasteiger partial charge in [0.2, 0.25) is 0 Å². The summed E-state index contributed by atoms with van der Waals surface area (Å²) in [6, 6.07) is 20.6. The maximum atomic E-state index is 4.50. The fourth-order valence-electron chi connectivity index (χ4n) is 3.58. The average molecular weight is 339 g/mol. The highest BCUT2D eigenvalue weighted by molar-refractivity contribution is 6.08. The summed E-state index contributed by atoms with van der Waals surface area (Å²) in [5.41, 5.74) is 5.29. The van der Waals surface area contributed by atoms with Crippen LogP contribution in [0.1, 0.15) is 11.4 Å². The third-order valence-corrected chi connectivity index (χ3v) is 4.74. The van der Waals surface area contributed by atoms with Gasteiger partial charge in [-0.15, -0.1) is 5.10 Å². The van der Waals surface area contributed by atoms with Gasteiger partial charge in [-0.3, -0.25) is 4.98 Å². The van der Waals surface area contributed by atoms with Gasteiger partial charge in [0.05, 0.1) is 29.6 Å². The first-order valence-electron chi connectivity index (χ1n) is 8.60. The first kappa shape index (κ1) is 14.8. The molecule has 0 saturated heterocycles. The van der Waals surface area contributed by atoms with Crippen LogP contribution in [0.4, 0.5) is 0 Å². The van der Waals surface area contributed by atoms with Gasteiger partial charge in [-0.1, -0.05) is 41.6 Å². The molecule has 0 aliphatic carbocycles. The minimum Gasteiger partial charge on any atom is -0.333 e. The third-order valence-electron chi connectivity index (χ3n) is 4.74. The van der Waals surface area contributed by atoms with Gasteiger partial charge in [-0.2, -0.15) is 0 Å². The quantitative estimate of drug-likeness (QED) is 0.497. The monoisotopic (exact) mass is 339 g/mol. The number of rotatable bonds is 3. The van der Waals surface area contributed by atoms with Crippen molar-refractivity contribution in [2.24, 2.45) is 0 Å². The minimum absolute atomic E-state index is 0.656. The second-order valence-electron chi connectivity index (χ2n) is 6.39. The van der Waals surface area contributed by atoms with Crippen LogP contribution in [0.2, 0.25) is 0 Å². The summed E-state index contributed by atoms with van der Waals surface area (Å²) in [6.45, 7) is 2.71. The van der Waals surface area contributed by atoms with Crippen molar-refractivity contribution in [1.82, 2.24) is 24.5 Å². The predicted octanol–water partition coefficient (Wildman–Crippen LogP) is 4.13. The van der Waals surface area contributed by atoms with Crippen LogP contribution in [0, 0.1) is 6.92 Å². The predicted molar refractivity (Wildman–Crippen MR) is 102 cm³/mol. The van der Waals surface area contributed by atoms with Crippen LogP contribution in [0.25, 0.3) is 27.5 Å². The molecule has 5 heteroatoms. The van der Waals surface area contributed by atoms with Gasteiger partial charge in [-0.25, -0.2) is 4.68 Å². The van der Waals surface area contributed by atoms with Gasteiger partial charge in [0.25, 0.3) is 0 Å². The normalized spacial score (nSPS) is 11.4. The number of pyridine rings is 1. The van der Waals surface area contributed by atoms with E-state index in [4.69, 9.17) is 0 Å². The van der Waals surface area contributed by atoms with Crippen molar-refractivity contribution in [2.75, 3.05) is 0 Å². The molecule has 0 aliphatic rings. The molecule has 0 unspecified atom stereocenters. The Kier molecular flexibility index (Phi) is 3.31. The molecule has 3 heterocycles. The van der Waals surface area contributed by atoms with Crippen molar-refractivity contribution in [3.05, 3.63) is 84.4 Å². The second kappa shape index (κ2) is 5.81. The summed E-state index contributed by atoms with van der Waals surface area (Å²) in [6.07, 6.45) is 3.86. The van der Waals surface area contributed by atoms with E-state index in [0.29, 0.717) is 6.54 Å². The van der Waals surface area contributed by atoms with E-state index in [1.54, 1.807) is 0 Å². The molecule has 5 rings (SSSR count). The van der Waals surface area contributed by atoms with Crippen molar-refractivity contribution < 1.29 is 0 Å². The number of benzene rings is 2. The second-order valence-corrected chi connectivity index (χ2v) is 6.39. The van der Waals surface area contributed by atoms with Gasteiger partial charge in [-0.05, 0) is 31.2 Å². The number of para-hydroxylation sites is 2. The lowest BCUT2D eigenvalue weighted by Gasteiger charge is -2.06. The molecule has 0 spiro atoms. The van der Waals surface area contributed by atoms with Crippen molar-refractivity contribution >= 4 is 21.8 Å². The highest BCUT2D eigenvalue weighted by Gasteiger charge is 2.14. The Balaban J connectivity index is 1.65. The lowest BCUT2D eigenvalue weighted by atomic mass is 10.2. The molecule has 0 N–H and O–H groups in total. The molecule has 0 atom stereocenters. The largest absolute Gasteiger partial charge is 0.333 e. The van der Waals surface area contributed by atoms with E-state index in [1.807, 2.05) is 47.4 Å². The van der Waals surface area contributed by atoms with Gasteiger partial charge >= 0.3 is 0 Å². The van der Waals surface area contributed by atoms with Crippen LogP contribution >= 0.6 is 0 Å². The van der Waals surface area contributed by atoms with E-state index in [1.165, 1.54) is 16.3 Å². The van der Waals surface area contributed by atoms with E-state index in [-0.39, 0.29) is 0 Å². The van der Waals surface area contributed by atoms with Crippen LogP contribution < -0.4 is 0 Å². The molecule has 5 aromatic rings. The van der Waals surface area contributed by atoms with Gasteiger partial charge in [0.1, 0.15) is 5.69 Å². The Morgan fingerprint density at radius 2 is 1.69 bits per heavy atom. The van der Waals surface area contributed by atoms with Crippen molar-refractivity contribution in [3.63, 3.8) is 0 Å². The van der Waals surface area contributed by atoms with Gasteiger partial charge < -0.3 is 4.57 Å². The summed E-state index contributed by atoms with van der Waals surface area (Å²) in [4.78, 5) is 4.50. The molecule has 0 aliphatic heterocycles. The molecule has 2 aromatic carbocycles. The Bertz CT molecular complexity index is 1220. The number of hydrogen-bond donors (Lipinski definition) is 0. The summed E-state index contributed by atoms with van der Waals surface area (Å²) >= 11 is 0. The number of nitrogens with zero attached hydrogens (tertiary/aromatic N) is 5. The standard InChI is InChI=1S/C21H17N5/c1-15-21-19(11-12-22-15)18-9-5-6-10-20(18)25(21)13-16-14-26(24-23-16)17-7-3-2-4-8-17/h2-12,14H,13H2,1H3. The molecular weight excluding hydrogens is 322 g/mol. The van der Waals surface area contributed by atoms with Gasteiger partial charge in [0, 0.05) is 22.5 Å². The van der Waals surface area contributed by atoms with E-state index in [9.17, 15) is 0 Å². The van der Waals surface area contributed by atoms with E-state index in [2.05, 4.69) is 57.1 Å². The lowest BCUT2D eigenvalue weighted by molar-refractivity contribution is 0.782. The Hall–Kier alpha value is -3.47. The smallest absolute Gasteiger partial charge is 0.103 e. The van der Waals surface area contributed by atoms with Crippen LogP contribution in [-0.4, -0.2) is 24.5 Å². The fourth-order valence-corrected chi connectivity index (χ4v) is 3.58. The molecule has 0 bridgehead atoms. The van der Waals surface area contributed by atoms with Crippen molar-refractivity contribution in [2.45, 2.75) is 13.5 Å². The maximum Gasteiger partial charge on any atom is 0.103 e. The van der Waals surface area contributed by atoms with Crippen molar-refractivity contribution in [3.8, 4) is 5.69 Å². The van der Waals surface area contributed by atoms with Crippen LogP contribution in [-0.2, 0) is 6.54 Å². The summed E-state index contributed by atoms with van der Waals surface area (Å²) < 4.78 is 4.10. The third kappa shape index (κ3) is 2.29. The number of fused-ring (bicyclic) bond motifs is 3. The summed E-state index contributed by atoms with van der Waals surface area (Å²) in [7, 11) is 0. The first-order valence-corrected chi connectivity index (χ1v) is 8.60. The van der Waals surface area contributed by atoms with E-state index < -0.39 is 0 Å². The van der Waals surface area contributed by atoms with Crippen LogP contribution in [0.3, 0.4) is 0 Å². The van der Waals surface area contributed by atoms with Gasteiger partial charge in [0.15, 0.2) is 0 Å². The number of hydrogen-bond acceptors (Lipinski definition) is 3. The van der Waals surface area contributed by atoms with Crippen LogP contribution in [0.15, 0.2) is 73.1 Å². The SMILES string of the molecule is Cc1nccc2c3ccccc3n(Cc3cn(-c4ccccc4)nn3)c12. The molecule has 3 aromatic heterocycles. The number of aromatic nitrogens is 5. The molecule has 126 valence electrons. The average Bonchev–Trinajstić information content (AvgIpc) is 3.28. The molecule has 0 amide bonds. The Morgan fingerprint density at radius 1 is 0.885 bits per heavy atom. The molecular formula is C21H17N5. The molecule has 0 fully saturated rings. The lowest BCUT2D eigenvalue weighted by Crippen LogP contribution is -2.01. The highest BCUT2D eigenvalue weighted by atomic mass is 15.4. The Morgan fingerprint density at radius 3 is 2.58 bits per heavy atom.